The number of fused-ring (bicyclic) bond motifs is 1. The average molecular weight is 278 g/mol. The minimum atomic E-state index is -0.520. The lowest BCUT2D eigenvalue weighted by Crippen LogP contribution is -1.99. The van der Waals surface area contributed by atoms with Crippen LogP contribution in [0.25, 0.3) is 10.8 Å². The van der Waals surface area contributed by atoms with Gasteiger partial charge in [-0.3, -0.25) is 4.79 Å². The summed E-state index contributed by atoms with van der Waals surface area (Å²) in [7, 11) is 0. The van der Waals surface area contributed by atoms with E-state index in [0.717, 1.165) is 0 Å². The van der Waals surface area contributed by atoms with Crippen molar-refractivity contribution in [3.63, 3.8) is 0 Å². The smallest absolute Gasteiger partial charge is 0.163 e. The van der Waals surface area contributed by atoms with Gasteiger partial charge in [0.15, 0.2) is 5.78 Å². The normalized spacial score (nSPS) is 9.15. The van der Waals surface area contributed by atoms with Crippen LogP contribution in [-0.2, 0) is 0 Å². The lowest BCUT2D eigenvalue weighted by molar-refractivity contribution is 0.101. The zero-order valence-corrected chi connectivity index (χ0v) is 13.0. The summed E-state index contributed by atoms with van der Waals surface area (Å²) >= 11 is 0. The maximum Gasteiger partial charge on any atom is 0.163 e. The molecule has 2 rings (SSSR count). The van der Waals surface area contributed by atoms with Crippen LogP contribution >= 0.6 is 0 Å². The molecule has 0 radical (unpaired) electrons. The quantitative estimate of drug-likeness (QED) is 0.723. The van der Waals surface area contributed by atoms with Crippen LogP contribution in [0.4, 0.5) is 4.39 Å². The van der Waals surface area contributed by atoms with E-state index in [1.165, 1.54) is 25.1 Å². The predicted octanol–water partition coefficient (Wildman–Crippen LogP) is 5.25. The fourth-order valence-corrected chi connectivity index (χ4v) is 1.98. The summed E-state index contributed by atoms with van der Waals surface area (Å²) in [6.45, 7) is 11.1. The van der Waals surface area contributed by atoms with E-state index in [9.17, 15) is 14.3 Å². The molecule has 0 atom stereocenters. The Labute approximate surface area is 120 Å². The van der Waals surface area contributed by atoms with Gasteiger partial charge >= 0.3 is 0 Å². The Morgan fingerprint density at radius 2 is 1.65 bits per heavy atom. The summed E-state index contributed by atoms with van der Waals surface area (Å²) in [6.07, 6.45) is 0. The molecule has 2 nitrogen and oxygen atoms in total. The number of hydrogen-bond acceptors (Lipinski definition) is 2. The van der Waals surface area contributed by atoms with Crippen LogP contribution in [0, 0.1) is 12.7 Å². The van der Waals surface area contributed by atoms with E-state index in [1.54, 1.807) is 13.0 Å². The van der Waals surface area contributed by atoms with Crippen molar-refractivity contribution in [3.05, 3.63) is 41.2 Å². The van der Waals surface area contributed by atoms with E-state index in [0.29, 0.717) is 16.3 Å². The number of ketones is 1. The van der Waals surface area contributed by atoms with Crippen LogP contribution in [-0.4, -0.2) is 10.9 Å². The van der Waals surface area contributed by atoms with Gasteiger partial charge in [-0.25, -0.2) is 4.39 Å². The van der Waals surface area contributed by atoms with Crippen LogP contribution in [0.5, 0.6) is 5.75 Å². The molecule has 2 aromatic carbocycles. The van der Waals surface area contributed by atoms with Crippen molar-refractivity contribution in [3.8, 4) is 5.75 Å². The number of aryl methyl sites for hydroxylation is 1. The molecule has 0 spiro atoms. The number of rotatable bonds is 1. The number of phenolic OH excluding ortho intramolecular Hbond substituents is 1. The molecule has 2 aromatic rings. The lowest BCUT2D eigenvalue weighted by Gasteiger charge is -2.08. The van der Waals surface area contributed by atoms with Crippen LogP contribution < -0.4 is 0 Å². The highest BCUT2D eigenvalue weighted by Gasteiger charge is 2.14. The maximum absolute atomic E-state index is 13.6. The molecule has 0 amide bonds. The average Bonchev–Trinajstić information content (AvgIpc) is 2.43. The first kappa shape index (κ1) is 18.1. The Morgan fingerprint density at radius 1 is 1.10 bits per heavy atom. The zero-order chi connectivity index (χ0) is 15.9. The first-order valence-electron chi connectivity index (χ1n) is 6.93. The molecule has 0 fully saturated rings. The molecule has 0 aromatic heterocycles. The van der Waals surface area contributed by atoms with Gasteiger partial charge in [-0.15, -0.1) is 0 Å². The van der Waals surface area contributed by atoms with Crippen molar-refractivity contribution < 1.29 is 14.3 Å². The van der Waals surface area contributed by atoms with Crippen molar-refractivity contribution in [2.24, 2.45) is 0 Å². The highest BCUT2D eigenvalue weighted by molar-refractivity contribution is 6.08. The molecule has 3 heteroatoms. The summed E-state index contributed by atoms with van der Waals surface area (Å²) in [5, 5.41) is 10.7. The van der Waals surface area contributed by atoms with E-state index in [-0.39, 0.29) is 17.1 Å². The van der Waals surface area contributed by atoms with Gasteiger partial charge in [0.05, 0.1) is 5.56 Å². The van der Waals surface area contributed by atoms with Gasteiger partial charge in [0, 0.05) is 0 Å². The topological polar surface area (TPSA) is 37.3 Å². The lowest BCUT2D eigenvalue weighted by atomic mass is 9.97. The maximum atomic E-state index is 13.6. The molecule has 110 valence electrons. The van der Waals surface area contributed by atoms with E-state index in [4.69, 9.17) is 0 Å². The summed E-state index contributed by atoms with van der Waals surface area (Å²) in [5.74, 6) is -0.711. The summed E-state index contributed by atoms with van der Waals surface area (Å²) < 4.78 is 13.6. The Bertz CT molecular complexity index is 589. The Balaban J connectivity index is 0.000000829. The monoisotopic (exact) mass is 278 g/mol. The second-order valence-electron chi connectivity index (χ2n) is 3.84. The molecular formula is C17H23FO2. The van der Waals surface area contributed by atoms with Crippen molar-refractivity contribution in [1.29, 1.82) is 0 Å². The molecule has 0 aliphatic rings. The molecule has 0 aliphatic heterocycles. The van der Waals surface area contributed by atoms with Crippen molar-refractivity contribution in [2.45, 2.75) is 41.5 Å². The van der Waals surface area contributed by atoms with Crippen molar-refractivity contribution >= 4 is 16.6 Å². The third kappa shape index (κ3) is 3.80. The Morgan fingerprint density at radius 3 is 2.15 bits per heavy atom. The minimum absolute atomic E-state index is 0.0926. The van der Waals surface area contributed by atoms with Gasteiger partial charge in [0.2, 0.25) is 0 Å². The van der Waals surface area contributed by atoms with E-state index in [2.05, 4.69) is 0 Å². The highest BCUT2D eigenvalue weighted by Crippen LogP contribution is 2.29. The fraction of sp³-hybridized carbons (Fsp3) is 0.353. The molecule has 20 heavy (non-hydrogen) atoms. The van der Waals surface area contributed by atoms with Crippen molar-refractivity contribution in [2.75, 3.05) is 0 Å². The van der Waals surface area contributed by atoms with E-state index in [1.807, 2.05) is 27.7 Å². The van der Waals surface area contributed by atoms with Crippen molar-refractivity contribution in [1.82, 2.24) is 0 Å². The number of phenols is 1. The number of hydrogen-bond donors (Lipinski definition) is 1. The van der Waals surface area contributed by atoms with E-state index < -0.39 is 5.82 Å². The number of aromatic hydroxyl groups is 1. The van der Waals surface area contributed by atoms with Gasteiger partial charge in [-0.05, 0) is 48.4 Å². The molecule has 0 heterocycles. The number of Topliss-reactive ketones (excluding diaryl/α,β-unsaturated/α-hetero) is 1. The predicted molar refractivity (Wildman–Crippen MR) is 83.0 cm³/mol. The second-order valence-corrected chi connectivity index (χ2v) is 3.84. The Kier molecular flexibility index (Phi) is 7.52. The number of carbonyl (C=O) groups excluding carboxylic acids is 1. The Hall–Kier alpha value is -1.90. The molecular weight excluding hydrogens is 255 g/mol. The molecule has 0 bridgehead atoms. The van der Waals surface area contributed by atoms with Crippen LogP contribution in [0.1, 0.15) is 50.5 Å². The van der Waals surface area contributed by atoms with E-state index >= 15 is 0 Å². The number of halogens is 1. The highest BCUT2D eigenvalue weighted by atomic mass is 19.1. The van der Waals surface area contributed by atoms with Crippen LogP contribution in [0.2, 0.25) is 0 Å². The molecule has 0 unspecified atom stereocenters. The van der Waals surface area contributed by atoms with Gasteiger partial charge in [-0.2, -0.15) is 0 Å². The third-order valence-corrected chi connectivity index (χ3v) is 2.60. The van der Waals surface area contributed by atoms with Gasteiger partial charge in [0.1, 0.15) is 11.6 Å². The standard InChI is InChI=1S/C13H11FO2.2C2H6/c1-7-5-10(16)6-9-3-4-11(14)13(8(2)15)12(7)9;2*1-2/h3-6,16H,1-2H3;2*1-2H3. The molecule has 1 N–H and O–H groups in total. The van der Waals surface area contributed by atoms with Gasteiger partial charge in [-0.1, -0.05) is 33.8 Å². The SMILES string of the molecule is CC.CC.CC(=O)c1c(F)ccc2cc(O)cc(C)c12. The number of benzene rings is 2. The van der Waals surface area contributed by atoms with Gasteiger partial charge in [0.25, 0.3) is 0 Å². The first-order valence-corrected chi connectivity index (χ1v) is 6.93. The summed E-state index contributed by atoms with van der Waals surface area (Å²) in [4.78, 5) is 11.4. The second kappa shape index (κ2) is 8.31. The summed E-state index contributed by atoms with van der Waals surface area (Å²) in [5.41, 5.74) is 0.787. The molecule has 0 saturated carbocycles. The van der Waals surface area contributed by atoms with Crippen LogP contribution in [0.15, 0.2) is 24.3 Å². The molecule has 0 aliphatic carbocycles. The van der Waals surface area contributed by atoms with Gasteiger partial charge < -0.3 is 5.11 Å². The zero-order valence-electron chi connectivity index (χ0n) is 13.0. The fourth-order valence-electron chi connectivity index (χ4n) is 1.98. The minimum Gasteiger partial charge on any atom is -0.508 e. The summed E-state index contributed by atoms with van der Waals surface area (Å²) in [6, 6.07) is 5.85. The van der Waals surface area contributed by atoms with Crippen LogP contribution in [0.3, 0.4) is 0 Å². The molecule has 0 saturated heterocycles. The first-order chi connectivity index (χ1) is 9.50. The third-order valence-electron chi connectivity index (χ3n) is 2.60. The largest absolute Gasteiger partial charge is 0.508 e. The number of carbonyl (C=O) groups is 1.